The molecule has 1 N–H and O–H groups in total. The predicted molar refractivity (Wildman–Crippen MR) is 136 cm³/mol. The fraction of sp³-hybridized carbons (Fsp3) is 0.0714. The molecule has 0 radical (unpaired) electrons. The van der Waals surface area contributed by atoms with Crippen LogP contribution in [0.15, 0.2) is 97.1 Å². The zero-order chi connectivity index (χ0) is 23.9. The van der Waals surface area contributed by atoms with E-state index in [0.717, 1.165) is 18.4 Å². The lowest BCUT2D eigenvalue weighted by molar-refractivity contribution is 0.0733. The molecule has 34 heavy (non-hydrogen) atoms. The molecule has 4 nitrogen and oxygen atoms in total. The van der Waals surface area contributed by atoms with E-state index in [1.807, 2.05) is 36.4 Å². The molecule has 0 saturated carbocycles. The quantitative estimate of drug-likeness (QED) is 0.219. The monoisotopic (exact) mass is 489 g/mol. The van der Waals surface area contributed by atoms with Gasteiger partial charge in [-0.25, -0.2) is 4.79 Å². The Labute approximate surface area is 208 Å². The smallest absolute Gasteiger partial charge is 0.343 e. The second-order valence-corrected chi connectivity index (χ2v) is 8.48. The Morgan fingerprint density at radius 3 is 2.24 bits per heavy atom. The van der Waals surface area contributed by atoms with Gasteiger partial charge in [0.15, 0.2) is 0 Å². The molecule has 4 rings (SSSR count). The highest BCUT2D eigenvalue weighted by molar-refractivity contribution is 6.35. The van der Waals surface area contributed by atoms with Crippen LogP contribution < -0.4 is 10.1 Å². The highest BCUT2D eigenvalue weighted by Crippen LogP contribution is 2.26. The van der Waals surface area contributed by atoms with Gasteiger partial charge in [0.25, 0.3) is 5.91 Å². The first kappa shape index (κ1) is 23.6. The van der Waals surface area contributed by atoms with Crippen molar-refractivity contribution < 1.29 is 14.3 Å². The van der Waals surface area contributed by atoms with Crippen molar-refractivity contribution in [1.29, 1.82) is 0 Å². The van der Waals surface area contributed by atoms with Gasteiger partial charge in [-0.15, -0.1) is 0 Å². The molecule has 0 aliphatic heterocycles. The molecule has 0 aromatic heterocycles. The Morgan fingerprint density at radius 2 is 1.47 bits per heavy atom. The summed E-state index contributed by atoms with van der Waals surface area (Å²) in [6.45, 7) is 0. The average molecular weight is 490 g/mol. The topological polar surface area (TPSA) is 55.4 Å². The first-order valence-electron chi connectivity index (χ1n) is 10.7. The summed E-state index contributed by atoms with van der Waals surface area (Å²) in [6, 6.07) is 28.7. The summed E-state index contributed by atoms with van der Waals surface area (Å²) in [7, 11) is 0. The minimum Gasteiger partial charge on any atom is -0.423 e. The van der Waals surface area contributed by atoms with Crippen LogP contribution in [0.2, 0.25) is 10.0 Å². The molecular formula is C28H21Cl2NO3. The fourth-order valence-electron chi connectivity index (χ4n) is 3.49. The van der Waals surface area contributed by atoms with Crippen molar-refractivity contribution in [2.24, 2.45) is 0 Å². The molecule has 4 aromatic carbocycles. The number of carbonyl (C=O) groups excluding carboxylic acids is 2. The van der Waals surface area contributed by atoms with Crippen molar-refractivity contribution in [3.05, 3.63) is 129 Å². The number of aryl methyl sites for hydroxylation is 2. The lowest BCUT2D eigenvalue weighted by Crippen LogP contribution is -2.13. The highest BCUT2D eigenvalue weighted by atomic mass is 35.5. The Hall–Kier alpha value is -3.60. The third kappa shape index (κ3) is 6.04. The van der Waals surface area contributed by atoms with Gasteiger partial charge < -0.3 is 10.1 Å². The molecule has 0 atom stereocenters. The van der Waals surface area contributed by atoms with Crippen LogP contribution in [0.4, 0.5) is 5.69 Å². The average Bonchev–Trinajstić information content (AvgIpc) is 2.86. The molecule has 0 unspecified atom stereocenters. The summed E-state index contributed by atoms with van der Waals surface area (Å²) in [5.74, 6) is -0.444. The van der Waals surface area contributed by atoms with Crippen LogP contribution in [0.5, 0.6) is 5.75 Å². The summed E-state index contributed by atoms with van der Waals surface area (Å²) >= 11 is 12.1. The van der Waals surface area contributed by atoms with Crippen molar-refractivity contribution in [2.75, 3.05) is 5.32 Å². The Balaban J connectivity index is 1.41. The van der Waals surface area contributed by atoms with E-state index >= 15 is 0 Å². The summed E-state index contributed by atoms with van der Waals surface area (Å²) in [5.41, 5.74) is 3.46. The van der Waals surface area contributed by atoms with Crippen LogP contribution in [0.3, 0.4) is 0 Å². The standard InChI is InChI=1S/C28H21Cl2NO3/c29-22-14-17-25(30)26(18-22)31-27(32)21-12-15-23(16-13-21)34-28(33)24-9-5-4-8-20(24)11-10-19-6-2-1-3-7-19/h1-9,12-18H,10-11H2,(H,31,32). The van der Waals surface area contributed by atoms with Crippen LogP contribution in [0.1, 0.15) is 31.8 Å². The summed E-state index contributed by atoms with van der Waals surface area (Å²) < 4.78 is 5.57. The molecule has 0 saturated heterocycles. The minimum absolute atomic E-state index is 0.347. The van der Waals surface area contributed by atoms with Crippen LogP contribution in [0.25, 0.3) is 0 Å². The number of benzene rings is 4. The maximum atomic E-state index is 12.8. The van der Waals surface area contributed by atoms with Gasteiger partial charge in [-0.05, 0) is 72.5 Å². The van der Waals surface area contributed by atoms with Crippen LogP contribution >= 0.6 is 23.2 Å². The maximum absolute atomic E-state index is 12.8. The van der Waals surface area contributed by atoms with Crippen LogP contribution in [0, 0.1) is 0 Å². The Morgan fingerprint density at radius 1 is 0.765 bits per heavy atom. The van der Waals surface area contributed by atoms with E-state index in [0.29, 0.717) is 32.6 Å². The Bertz CT molecular complexity index is 1310. The van der Waals surface area contributed by atoms with E-state index in [9.17, 15) is 9.59 Å². The van der Waals surface area contributed by atoms with Gasteiger partial charge in [0.1, 0.15) is 5.75 Å². The largest absolute Gasteiger partial charge is 0.423 e. The fourth-order valence-corrected chi connectivity index (χ4v) is 3.82. The summed E-state index contributed by atoms with van der Waals surface area (Å²) in [4.78, 5) is 25.4. The summed E-state index contributed by atoms with van der Waals surface area (Å²) in [6.07, 6.45) is 1.55. The van der Waals surface area contributed by atoms with Gasteiger partial charge in [0.05, 0.1) is 16.3 Å². The molecule has 0 spiro atoms. The number of carbonyl (C=O) groups is 2. The minimum atomic E-state index is -0.438. The second kappa shape index (κ2) is 11.0. The number of esters is 1. The number of hydrogen-bond acceptors (Lipinski definition) is 3. The maximum Gasteiger partial charge on any atom is 0.343 e. The number of ether oxygens (including phenoxy) is 1. The first-order chi connectivity index (χ1) is 16.5. The SMILES string of the molecule is O=C(Nc1cc(Cl)ccc1Cl)c1ccc(OC(=O)c2ccccc2CCc2ccccc2)cc1. The van der Waals surface area contributed by atoms with E-state index in [-0.39, 0.29) is 5.91 Å². The predicted octanol–water partition coefficient (Wildman–Crippen LogP) is 7.25. The third-order valence-corrected chi connectivity index (χ3v) is 5.83. The molecule has 0 aliphatic carbocycles. The van der Waals surface area contributed by atoms with Gasteiger partial charge in [0, 0.05) is 10.6 Å². The van der Waals surface area contributed by atoms with Gasteiger partial charge in [0.2, 0.25) is 0 Å². The Kier molecular flexibility index (Phi) is 7.63. The van der Waals surface area contributed by atoms with Gasteiger partial charge in [-0.2, -0.15) is 0 Å². The molecule has 0 bridgehead atoms. The molecule has 1 amide bonds. The number of hydrogen-bond donors (Lipinski definition) is 1. The van der Waals surface area contributed by atoms with E-state index in [1.165, 1.54) is 5.56 Å². The number of rotatable bonds is 7. The summed E-state index contributed by atoms with van der Waals surface area (Å²) in [5, 5.41) is 3.57. The zero-order valence-electron chi connectivity index (χ0n) is 18.1. The molecule has 0 fully saturated rings. The molecule has 4 aromatic rings. The number of halogens is 2. The lowest BCUT2D eigenvalue weighted by atomic mass is 10.00. The van der Waals surface area contributed by atoms with Crippen LogP contribution in [-0.2, 0) is 12.8 Å². The van der Waals surface area contributed by atoms with Gasteiger partial charge >= 0.3 is 5.97 Å². The lowest BCUT2D eigenvalue weighted by Gasteiger charge is -2.11. The van der Waals surface area contributed by atoms with Crippen molar-refractivity contribution in [3.63, 3.8) is 0 Å². The van der Waals surface area contributed by atoms with E-state index in [4.69, 9.17) is 27.9 Å². The molecule has 0 aliphatic rings. The van der Waals surface area contributed by atoms with E-state index < -0.39 is 5.97 Å². The third-order valence-electron chi connectivity index (χ3n) is 5.27. The molecule has 6 heteroatoms. The van der Waals surface area contributed by atoms with Crippen molar-refractivity contribution in [3.8, 4) is 5.75 Å². The zero-order valence-corrected chi connectivity index (χ0v) is 19.6. The molecule has 0 heterocycles. The molecule has 170 valence electrons. The van der Waals surface area contributed by atoms with Crippen molar-refractivity contribution in [2.45, 2.75) is 12.8 Å². The van der Waals surface area contributed by atoms with Gasteiger partial charge in [-0.3, -0.25) is 4.79 Å². The molecular weight excluding hydrogens is 469 g/mol. The van der Waals surface area contributed by atoms with Crippen molar-refractivity contribution in [1.82, 2.24) is 0 Å². The normalized spacial score (nSPS) is 10.5. The number of anilines is 1. The first-order valence-corrected chi connectivity index (χ1v) is 11.5. The highest BCUT2D eigenvalue weighted by Gasteiger charge is 2.15. The van der Waals surface area contributed by atoms with Gasteiger partial charge in [-0.1, -0.05) is 71.7 Å². The van der Waals surface area contributed by atoms with Crippen molar-refractivity contribution >= 4 is 40.8 Å². The second-order valence-electron chi connectivity index (χ2n) is 7.63. The van der Waals surface area contributed by atoms with E-state index in [2.05, 4.69) is 17.4 Å². The number of nitrogens with one attached hydrogen (secondary N) is 1. The van der Waals surface area contributed by atoms with Crippen LogP contribution in [-0.4, -0.2) is 11.9 Å². The van der Waals surface area contributed by atoms with E-state index in [1.54, 1.807) is 48.5 Å². The number of amides is 1.